The number of fused-ring (bicyclic) bond motifs is 5. The van der Waals surface area contributed by atoms with Crippen LogP contribution in [-0.4, -0.2) is 21.8 Å². The highest BCUT2D eigenvalue weighted by atomic mass is 35.5. The minimum Gasteiger partial charge on any atom is -0.393 e. The van der Waals surface area contributed by atoms with E-state index in [0.717, 1.165) is 49.8 Å². The smallest absolute Gasteiger partial charge is 0.269 e. The van der Waals surface area contributed by atoms with Crippen LogP contribution in [0.4, 0.5) is 11.4 Å². The molecule has 7 rings (SSSR count). The molecule has 8 atom stereocenters. The number of rotatable bonds is 4. The van der Waals surface area contributed by atoms with Gasteiger partial charge in [-0.2, -0.15) is 5.10 Å². The molecule has 0 amide bonds. The normalized spacial score (nSPS) is 38.0. The lowest BCUT2D eigenvalue weighted by atomic mass is 9.47. The second-order valence-corrected chi connectivity index (χ2v) is 14.2. The van der Waals surface area contributed by atoms with Gasteiger partial charge in [0.15, 0.2) is 0 Å². The molecule has 216 valence electrons. The zero-order valence-electron chi connectivity index (χ0n) is 24.0. The van der Waals surface area contributed by atoms with Crippen LogP contribution in [0.3, 0.4) is 0 Å². The van der Waals surface area contributed by atoms with Gasteiger partial charge in [-0.15, -0.1) is 0 Å². The Labute approximate surface area is 247 Å². The number of aliphatic hydroxyl groups excluding tert-OH is 1. The van der Waals surface area contributed by atoms with E-state index in [9.17, 15) is 15.2 Å². The van der Waals surface area contributed by atoms with Crippen molar-refractivity contribution in [2.75, 3.05) is 5.01 Å². The summed E-state index contributed by atoms with van der Waals surface area (Å²) in [6.07, 6.45) is 12.0. The van der Waals surface area contributed by atoms with E-state index in [2.05, 4.69) is 19.9 Å². The molecule has 41 heavy (non-hydrogen) atoms. The van der Waals surface area contributed by atoms with Crippen LogP contribution in [0.2, 0.25) is 5.02 Å². The van der Waals surface area contributed by atoms with E-state index in [0.29, 0.717) is 28.7 Å². The van der Waals surface area contributed by atoms with Crippen molar-refractivity contribution in [1.29, 1.82) is 0 Å². The number of anilines is 1. The van der Waals surface area contributed by atoms with Gasteiger partial charge in [0.1, 0.15) is 0 Å². The van der Waals surface area contributed by atoms with Crippen LogP contribution >= 0.6 is 11.6 Å². The molecule has 6 nitrogen and oxygen atoms in total. The molecule has 0 bridgehead atoms. The quantitative estimate of drug-likeness (QED) is 0.226. The summed E-state index contributed by atoms with van der Waals surface area (Å²) in [5.41, 5.74) is 5.03. The number of hydrazone groups is 1. The lowest BCUT2D eigenvalue weighted by Crippen LogP contribution is -2.51. The molecule has 2 aromatic carbocycles. The van der Waals surface area contributed by atoms with E-state index in [1.807, 2.05) is 35.3 Å². The molecule has 1 unspecified atom stereocenters. The molecule has 3 fully saturated rings. The van der Waals surface area contributed by atoms with Crippen molar-refractivity contribution in [2.45, 2.75) is 83.8 Å². The summed E-state index contributed by atoms with van der Waals surface area (Å²) in [7, 11) is 0. The van der Waals surface area contributed by atoms with Crippen LogP contribution in [0.25, 0.3) is 0 Å². The van der Waals surface area contributed by atoms with Crippen molar-refractivity contribution < 1.29 is 10.0 Å². The Hall–Kier alpha value is -2.70. The van der Waals surface area contributed by atoms with Gasteiger partial charge < -0.3 is 5.11 Å². The molecular weight excluding hydrogens is 534 g/mol. The summed E-state index contributed by atoms with van der Waals surface area (Å²) in [6.45, 7) is 5.02. The molecule has 2 aromatic rings. The minimum atomic E-state index is -0.321. The van der Waals surface area contributed by atoms with Gasteiger partial charge in [-0.25, -0.2) is 0 Å². The van der Waals surface area contributed by atoms with Crippen LogP contribution in [0.5, 0.6) is 0 Å². The number of nitrogens with zero attached hydrogens (tertiary/aromatic N) is 3. The largest absolute Gasteiger partial charge is 0.393 e. The molecule has 0 spiro atoms. The Kier molecular flexibility index (Phi) is 6.59. The number of nitro groups is 1. The second kappa shape index (κ2) is 9.95. The Morgan fingerprint density at radius 3 is 2.66 bits per heavy atom. The molecule has 0 radical (unpaired) electrons. The van der Waals surface area contributed by atoms with Gasteiger partial charge in [0.05, 0.1) is 27.8 Å². The predicted molar refractivity (Wildman–Crippen MR) is 163 cm³/mol. The summed E-state index contributed by atoms with van der Waals surface area (Å²) in [6, 6.07) is 14.7. The molecule has 7 heteroatoms. The maximum Gasteiger partial charge on any atom is 0.269 e. The van der Waals surface area contributed by atoms with Crippen LogP contribution in [0, 0.1) is 44.6 Å². The Balaban J connectivity index is 1.21. The number of hydrogen-bond acceptors (Lipinski definition) is 5. The fraction of sp³-hybridized carbons (Fsp3) is 0.559. The van der Waals surface area contributed by atoms with Gasteiger partial charge in [0.2, 0.25) is 0 Å². The number of non-ortho nitro benzene ring substituents is 1. The van der Waals surface area contributed by atoms with Crippen molar-refractivity contribution in [3.63, 3.8) is 0 Å². The highest BCUT2D eigenvalue weighted by molar-refractivity contribution is 6.33. The van der Waals surface area contributed by atoms with Gasteiger partial charge in [-0.1, -0.05) is 61.4 Å². The SMILES string of the molecule is C[C@]12CC[C@H]3[C@@H](CC=C4C[C@@H](O)CC[C@@]43C)[C@@H]1CC[C@@H]2C1=NN(c2ccccc2Cl)C(c2cccc([N+](=O)[O-])c2)C1. The molecule has 1 N–H and O–H groups in total. The number of allylic oxidation sites excluding steroid dienone is 1. The monoisotopic (exact) mass is 573 g/mol. The van der Waals surface area contributed by atoms with Crippen LogP contribution in [0.1, 0.15) is 83.2 Å². The van der Waals surface area contributed by atoms with Gasteiger partial charge in [-0.05, 0) is 97.6 Å². The number of aliphatic hydroxyl groups is 1. The van der Waals surface area contributed by atoms with E-state index in [-0.39, 0.29) is 33.6 Å². The summed E-state index contributed by atoms with van der Waals surface area (Å²) in [4.78, 5) is 11.3. The second-order valence-electron chi connectivity index (χ2n) is 13.8. The van der Waals surface area contributed by atoms with E-state index in [1.165, 1.54) is 30.5 Å². The first kappa shape index (κ1) is 27.2. The van der Waals surface area contributed by atoms with Gasteiger partial charge in [-0.3, -0.25) is 15.1 Å². The third-order valence-electron chi connectivity index (χ3n) is 12.0. The van der Waals surface area contributed by atoms with Crippen LogP contribution in [-0.2, 0) is 0 Å². The zero-order valence-corrected chi connectivity index (χ0v) is 24.8. The molecule has 0 saturated heterocycles. The maximum atomic E-state index is 11.6. The third-order valence-corrected chi connectivity index (χ3v) is 12.3. The summed E-state index contributed by atoms with van der Waals surface area (Å²) in [5, 5.41) is 30.0. The van der Waals surface area contributed by atoms with Crippen LogP contribution in [0.15, 0.2) is 65.3 Å². The first-order valence-corrected chi connectivity index (χ1v) is 15.8. The molecular formula is C34H40ClN3O3. The number of benzene rings is 2. The van der Waals surface area contributed by atoms with Crippen molar-refractivity contribution in [2.24, 2.45) is 39.6 Å². The Bertz CT molecular complexity index is 1440. The van der Waals surface area contributed by atoms with E-state index in [4.69, 9.17) is 16.7 Å². The van der Waals surface area contributed by atoms with Crippen molar-refractivity contribution in [3.05, 3.63) is 80.9 Å². The predicted octanol–water partition coefficient (Wildman–Crippen LogP) is 8.50. The molecule has 4 aliphatic carbocycles. The summed E-state index contributed by atoms with van der Waals surface area (Å²) >= 11 is 6.70. The number of nitro benzene ring substituents is 1. The van der Waals surface area contributed by atoms with Gasteiger partial charge in [0.25, 0.3) is 5.69 Å². The molecule has 1 heterocycles. The molecule has 3 saturated carbocycles. The highest BCUT2D eigenvalue weighted by Crippen LogP contribution is 2.67. The first-order chi connectivity index (χ1) is 19.7. The topological polar surface area (TPSA) is 79.0 Å². The van der Waals surface area contributed by atoms with Crippen LogP contribution < -0.4 is 5.01 Å². The Morgan fingerprint density at radius 2 is 1.85 bits per heavy atom. The minimum absolute atomic E-state index is 0.106. The molecule has 1 aliphatic heterocycles. The lowest BCUT2D eigenvalue weighted by molar-refractivity contribution is -0.384. The molecule has 0 aromatic heterocycles. The summed E-state index contributed by atoms with van der Waals surface area (Å²) < 4.78 is 0. The fourth-order valence-electron chi connectivity index (χ4n) is 9.90. The average molecular weight is 574 g/mol. The summed E-state index contributed by atoms with van der Waals surface area (Å²) in [5.74, 6) is 2.46. The first-order valence-electron chi connectivity index (χ1n) is 15.4. The van der Waals surface area contributed by atoms with E-state index >= 15 is 0 Å². The Morgan fingerprint density at radius 1 is 1.02 bits per heavy atom. The standard InChI is InChI=1S/C34H40ClN3O3/c1-33-16-14-24(39)19-22(33)10-11-25-26-12-13-28(34(26,2)17-15-27(25)33)30-20-32(21-6-5-7-23(18-21)38(40)41)37(36-30)31-9-4-3-8-29(31)35/h3-10,18,24-28,32,39H,11-17,19-20H2,1-2H3/t24-,25-,26-,27-,28+,32?,33-,34-/m0/s1. The van der Waals surface area contributed by atoms with Crippen molar-refractivity contribution >= 4 is 28.7 Å². The number of hydrogen-bond donors (Lipinski definition) is 1. The lowest BCUT2D eigenvalue weighted by Gasteiger charge is -2.58. The zero-order chi connectivity index (χ0) is 28.5. The van der Waals surface area contributed by atoms with Gasteiger partial charge in [0, 0.05) is 30.2 Å². The van der Waals surface area contributed by atoms with E-state index < -0.39 is 0 Å². The highest BCUT2D eigenvalue weighted by Gasteiger charge is 2.60. The van der Waals surface area contributed by atoms with Gasteiger partial charge >= 0.3 is 0 Å². The average Bonchev–Trinajstić information content (AvgIpc) is 3.55. The fourth-order valence-corrected chi connectivity index (χ4v) is 10.1. The van der Waals surface area contributed by atoms with Crippen molar-refractivity contribution in [1.82, 2.24) is 0 Å². The number of halogens is 1. The van der Waals surface area contributed by atoms with E-state index in [1.54, 1.807) is 18.2 Å². The van der Waals surface area contributed by atoms with Crippen molar-refractivity contribution in [3.8, 4) is 0 Å². The maximum absolute atomic E-state index is 11.6. The third kappa shape index (κ3) is 4.27. The number of para-hydroxylation sites is 1. The molecule has 5 aliphatic rings.